The Hall–Kier alpha value is -2.91. The first-order chi connectivity index (χ1) is 10.2. The van der Waals surface area contributed by atoms with Crippen LogP contribution in [0.2, 0.25) is 0 Å². The van der Waals surface area contributed by atoms with Gasteiger partial charge in [0.2, 0.25) is 0 Å². The zero-order valence-electron chi connectivity index (χ0n) is 11.1. The van der Waals surface area contributed by atoms with Gasteiger partial charge in [0.1, 0.15) is 11.6 Å². The molecule has 0 bridgehead atoms. The minimum absolute atomic E-state index is 0.255. The number of halogens is 1. The standard InChI is InChI=1S/C15H13FN4O/c16-12-4-1-5-13(10-12)19-15(21)20-14-9-11(3-2-7-17)6-8-18-14/h1,4-6,8-10H,7,17H2,(H2,18,19,20,21). The lowest BCUT2D eigenvalue weighted by molar-refractivity contribution is 0.262. The van der Waals surface area contributed by atoms with Crippen molar-refractivity contribution in [3.63, 3.8) is 0 Å². The number of urea groups is 1. The molecular weight excluding hydrogens is 271 g/mol. The molecule has 21 heavy (non-hydrogen) atoms. The van der Waals surface area contributed by atoms with E-state index in [0.717, 1.165) is 0 Å². The van der Waals surface area contributed by atoms with Gasteiger partial charge in [-0.05, 0) is 30.3 Å². The van der Waals surface area contributed by atoms with Gasteiger partial charge in [-0.25, -0.2) is 14.2 Å². The van der Waals surface area contributed by atoms with Gasteiger partial charge in [0.15, 0.2) is 0 Å². The summed E-state index contributed by atoms with van der Waals surface area (Å²) in [6.45, 7) is 0.255. The molecule has 0 saturated heterocycles. The van der Waals surface area contributed by atoms with Crippen molar-refractivity contribution in [1.29, 1.82) is 0 Å². The number of nitrogens with one attached hydrogen (secondary N) is 2. The Kier molecular flexibility index (Phi) is 4.85. The molecule has 0 unspecified atom stereocenters. The molecule has 2 aromatic rings. The maximum absolute atomic E-state index is 13.0. The van der Waals surface area contributed by atoms with E-state index < -0.39 is 11.8 Å². The predicted octanol–water partition coefficient (Wildman–Crippen LogP) is 2.17. The number of rotatable bonds is 2. The molecule has 2 rings (SSSR count). The van der Waals surface area contributed by atoms with E-state index in [0.29, 0.717) is 17.1 Å². The highest BCUT2D eigenvalue weighted by atomic mass is 19.1. The van der Waals surface area contributed by atoms with Crippen molar-refractivity contribution in [2.75, 3.05) is 17.2 Å². The minimum atomic E-state index is -0.517. The third-order valence-corrected chi connectivity index (χ3v) is 2.42. The smallest absolute Gasteiger partial charge is 0.320 e. The number of carbonyl (C=O) groups excluding carboxylic acids is 1. The zero-order chi connectivity index (χ0) is 15.1. The summed E-state index contributed by atoms with van der Waals surface area (Å²) in [6, 6.07) is 8.41. The van der Waals surface area contributed by atoms with E-state index in [9.17, 15) is 9.18 Å². The normalized spacial score (nSPS) is 9.43. The minimum Gasteiger partial charge on any atom is -0.320 e. The summed E-state index contributed by atoms with van der Waals surface area (Å²) in [4.78, 5) is 15.8. The Balaban J connectivity index is 2.02. The Morgan fingerprint density at radius 3 is 2.90 bits per heavy atom. The fourth-order valence-electron chi connectivity index (χ4n) is 1.57. The van der Waals surface area contributed by atoms with Crippen LogP contribution in [0.1, 0.15) is 5.56 Å². The van der Waals surface area contributed by atoms with Gasteiger partial charge in [-0.15, -0.1) is 0 Å². The van der Waals surface area contributed by atoms with Crippen molar-refractivity contribution in [3.8, 4) is 11.8 Å². The highest BCUT2D eigenvalue weighted by molar-refractivity contribution is 5.99. The average Bonchev–Trinajstić information content (AvgIpc) is 2.45. The van der Waals surface area contributed by atoms with Crippen LogP contribution in [0.4, 0.5) is 20.7 Å². The summed E-state index contributed by atoms with van der Waals surface area (Å²) in [6.07, 6.45) is 1.53. The molecule has 5 nitrogen and oxygen atoms in total. The lowest BCUT2D eigenvalue weighted by atomic mass is 10.2. The Morgan fingerprint density at radius 1 is 1.29 bits per heavy atom. The van der Waals surface area contributed by atoms with Crippen molar-refractivity contribution in [2.45, 2.75) is 0 Å². The number of anilines is 2. The maximum Gasteiger partial charge on any atom is 0.324 e. The van der Waals surface area contributed by atoms with E-state index in [2.05, 4.69) is 27.5 Å². The number of hydrogen-bond donors (Lipinski definition) is 3. The average molecular weight is 284 g/mol. The van der Waals surface area contributed by atoms with Crippen LogP contribution in [0.5, 0.6) is 0 Å². The van der Waals surface area contributed by atoms with E-state index in [1.165, 1.54) is 24.4 Å². The van der Waals surface area contributed by atoms with E-state index in [1.54, 1.807) is 18.2 Å². The second kappa shape index (κ2) is 7.03. The third kappa shape index (κ3) is 4.60. The largest absolute Gasteiger partial charge is 0.324 e. The summed E-state index contributed by atoms with van der Waals surface area (Å²) in [5, 5.41) is 5.05. The number of nitrogens with two attached hydrogens (primary N) is 1. The number of aromatic nitrogens is 1. The van der Waals surface area contributed by atoms with Crippen LogP contribution < -0.4 is 16.4 Å². The molecule has 6 heteroatoms. The number of hydrogen-bond acceptors (Lipinski definition) is 3. The van der Waals surface area contributed by atoms with Crippen LogP contribution in [0.25, 0.3) is 0 Å². The third-order valence-electron chi connectivity index (χ3n) is 2.42. The zero-order valence-corrected chi connectivity index (χ0v) is 11.1. The fraction of sp³-hybridized carbons (Fsp3) is 0.0667. The summed E-state index contributed by atoms with van der Waals surface area (Å²) >= 11 is 0. The molecule has 0 radical (unpaired) electrons. The van der Waals surface area contributed by atoms with Crippen LogP contribution in [-0.2, 0) is 0 Å². The van der Waals surface area contributed by atoms with Crippen LogP contribution in [-0.4, -0.2) is 17.6 Å². The van der Waals surface area contributed by atoms with Crippen molar-refractivity contribution in [2.24, 2.45) is 5.73 Å². The number of benzene rings is 1. The van der Waals surface area contributed by atoms with Gasteiger partial charge in [-0.3, -0.25) is 5.32 Å². The number of amides is 2. The Labute approximate surface area is 121 Å². The van der Waals surface area contributed by atoms with Gasteiger partial charge in [0.25, 0.3) is 0 Å². The van der Waals surface area contributed by atoms with Crippen molar-refractivity contribution < 1.29 is 9.18 Å². The van der Waals surface area contributed by atoms with E-state index in [-0.39, 0.29) is 6.54 Å². The fourth-order valence-corrected chi connectivity index (χ4v) is 1.57. The van der Waals surface area contributed by atoms with Gasteiger partial charge in [0, 0.05) is 17.4 Å². The summed E-state index contributed by atoms with van der Waals surface area (Å²) in [7, 11) is 0. The van der Waals surface area contributed by atoms with Crippen LogP contribution in [0.3, 0.4) is 0 Å². The predicted molar refractivity (Wildman–Crippen MR) is 79.2 cm³/mol. The van der Waals surface area contributed by atoms with Crippen LogP contribution >= 0.6 is 0 Å². The second-order valence-electron chi connectivity index (χ2n) is 4.03. The second-order valence-corrected chi connectivity index (χ2v) is 4.03. The molecular formula is C15H13FN4O. The van der Waals surface area contributed by atoms with E-state index in [1.807, 2.05) is 0 Å². The monoisotopic (exact) mass is 284 g/mol. The number of carbonyl (C=O) groups is 1. The SMILES string of the molecule is NCC#Cc1ccnc(NC(=O)Nc2cccc(F)c2)c1. The molecule has 0 saturated carbocycles. The number of pyridine rings is 1. The van der Waals surface area contributed by atoms with Gasteiger partial charge < -0.3 is 11.1 Å². The van der Waals surface area contributed by atoms with Crippen molar-refractivity contribution in [1.82, 2.24) is 4.98 Å². The molecule has 0 fully saturated rings. The Bertz CT molecular complexity index is 706. The molecule has 0 aliphatic heterocycles. The van der Waals surface area contributed by atoms with Gasteiger partial charge >= 0.3 is 6.03 Å². The summed E-state index contributed by atoms with van der Waals surface area (Å²) in [5.74, 6) is 5.46. The lowest BCUT2D eigenvalue weighted by Crippen LogP contribution is -2.20. The highest BCUT2D eigenvalue weighted by Gasteiger charge is 2.04. The molecule has 1 aromatic carbocycles. The van der Waals surface area contributed by atoms with Crippen molar-refractivity contribution in [3.05, 3.63) is 54.0 Å². The molecule has 0 spiro atoms. The van der Waals surface area contributed by atoms with Gasteiger partial charge in [-0.2, -0.15) is 0 Å². The molecule has 4 N–H and O–H groups in total. The van der Waals surface area contributed by atoms with Crippen LogP contribution in [0, 0.1) is 17.7 Å². The van der Waals surface area contributed by atoms with Gasteiger partial charge in [0.05, 0.1) is 6.54 Å². The lowest BCUT2D eigenvalue weighted by Gasteiger charge is -2.07. The van der Waals surface area contributed by atoms with Crippen LogP contribution in [0.15, 0.2) is 42.6 Å². The molecule has 106 valence electrons. The summed E-state index contributed by atoms with van der Waals surface area (Å²) < 4.78 is 13.0. The number of nitrogens with zero attached hydrogens (tertiary/aromatic N) is 1. The first-order valence-corrected chi connectivity index (χ1v) is 6.16. The van der Waals surface area contributed by atoms with Crippen molar-refractivity contribution >= 4 is 17.5 Å². The van der Waals surface area contributed by atoms with Gasteiger partial charge in [-0.1, -0.05) is 17.9 Å². The molecule has 0 aliphatic carbocycles. The molecule has 1 heterocycles. The quantitative estimate of drug-likeness (QED) is 0.739. The van der Waals surface area contributed by atoms with E-state index >= 15 is 0 Å². The Morgan fingerprint density at radius 2 is 2.14 bits per heavy atom. The molecule has 2 amide bonds. The molecule has 1 aromatic heterocycles. The summed E-state index contributed by atoms with van der Waals surface area (Å²) in [5.41, 5.74) is 6.34. The maximum atomic E-state index is 13.0. The first kappa shape index (κ1) is 14.5. The highest BCUT2D eigenvalue weighted by Crippen LogP contribution is 2.10. The van der Waals surface area contributed by atoms with E-state index in [4.69, 9.17) is 5.73 Å². The topological polar surface area (TPSA) is 80.0 Å². The molecule has 0 atom stereocenters. The molecule has 0 aliphatic rings. The first-order valence-electron chi connectivity index (χ1n) is 6.16.